The van der Waals surface area contributed by atoms with Crippen LogP contribution in [-0.4, -0.2) is 0 Å². The van der Waals surface area contributed by atoms with Gasteiger partial charge in [-0.05, 0) is 39.9 Å². The van der Waals surface area contributed by atoms with Crippen molar-refractivity contribution in [3.63, 3.8) is 0 Å². The van der Waals surface area contributed by atoms with Crippen molar-refractivity contribution in [2.45, 2.75) is 32.0 Å². The van der Waals surface area contributed by atoms with Crippen LogP contribution < -0.4 is 0 Å². The first-order valence-electron chi connectivity index (χ1n) is 4.36. The van der Waals surface area contributed by atoms with E-state index in [0.29, 0.717) is 10.2 Å². The Morgan fingerprint density at radius 1 is 1.46 bits per heavy atom. The van der Waals surface area contributed by atoms with Crippen LogP contribution >= 0.6 is 43.2 Å². The van der Waals surface area contributed by atoms with Gasteiger partial charge in [0.2, 0.25) is 0 Å². The molecule has 0 amide bonds. The maximum atomic E-state index is 3.77. The van der Waals surface area contributed by atoms with Gasteiger partial charge in [0.05, 0.1) is 8.61 Å². The average Bonchev–Trinajstić information content (AvgIpc) is 2.50. The van der Waals surface area contributed by atoms with Crippen LogP contribution in [0.4, 0.5) is 0 Å². The van der Waals surface area contributed by atoms with E-state index in [4.69, 9.17) is 0 Å². The number of hydrogen-bond donors (Lipinski definition) is 0. The van der Waals surface area contributed by atoms with Gasteiger partial charge in [0.15, 0.2) is 0 Å². The number of halogens is 2. The normalized spacial score (nSPS) is 14.5. The summed E-state index contributed by atoms with van der Waals surface area (Å²) in [4.78, 5) is 1.86. The molecular formula is C10H14Br2S. The minimum Gasteiger partial charge on any atom is -0.132 e. The molecule has 1 unspecified atom stereocenters. The second-order valence-corrected chi connectivity index (χ2v) is 7.26. The zero-order valence-corrected chi connectivity index (χ0v) is 12.1. The Labute approximate surface area is 101 Å². The van der Waals surface area contributed by atoms with Gasteiger partial charge in [-0.2, -0.15) is 0 Å². The Bertz CT molecular complexity index is 278. The fraction of sp³-hybridized carbons (Fsp3) is 0.600. The molecule has 0 aromatic carbocycles. The molecule has 74 valence electrons. The Kier molecular flexibility index (Phi) is 4.02. The lowest BCUT2D eigenvalue weighted by Crippen LogP contribution is -2.15. The van der Waals surface area contributed by atoms with E-state index < -0.39 is 0 Å². The summed E-state index contributed by atoms with van der Waals surface area (Å²) in [5.41, 5.74) is 0.324. The van der Waals surface area contributed by atoms with E-state index >= 15 is 0 Å². The van der Waals surface area contributed by atoms with Crippen molar-refractivity contribution in [3.8, 4) is 0 Å². The quantitative estimate of drug-likeness (QED) is 0.654. The SMILES string of the molecule is CCC(C)(C)C(Br)c1ccc(Br)s1. The molecule has 0 bridgehead atoms. The van der Waals surface area contributed by atoms with Gasteiger partial charge in [0, 0.05) is 4.88 Å². The molecular weight excluding hydrogens is 312 g/mol. The van der Waals surface area contributed by atoms with E-state index in [-0.39, 0.29) is 0 Å². The Hall–Kier alpha value is 0.660. The predicted octanol–water partition coefficient (Wildman–Crippen LogP) is 5.38. The smallest absolute Gasteiger partial charge is 0.0701 e. The summed E-state index contributed by atoms with van der Waals surface area (Å²) in [6.07, 6.45) is 1.18. The van der Waals surface area contributed by atoms with Gasteiger partial charge >= 0.3 is 0 Å². The maximum absolute atomic E-state index is 3.77. The Morgan fingerprint density at radius 3 is 2.46 bits per heavy atom. The van der Waals surface area contributed by atoms with Crippen LogP contribution in [0.2, 0.25) is 0 Å². The standard InChI is InChI=1S/C10H14Br2S/c1-4-10(2,3)9(12)7-5-6-8(11)13-7/h5-6,9H,4H2,1-3H3. The third kappa shape index (κ3) is 2.80. The van der Waals surface area contributed by atoms with Crippen LogP contribution in [0, 0.1) is 5.41 Å². The lowest BCUT2D eigenvalue weighted by atomic mass is 9.86. The zero-order valence-electron chi connectivity index (χ0n) is 8.10. The molecule has 1 rings (SSSR count). The fourth-order valence-electron chi connectivity index (χ4n) is 1.03. The highest BCUT2D eigenvalue weighted by Gasteiger charge is 2.27. The van der Waals surface area contributed by atoms with Crippen LogP contribution in [0.25, 0.3) is 0 Å². The summed E-state index contributed by atoms with van der Waals surface area (Å²) in [5.74, 6) is 0. The highest BCUT2D eigenvalue weighted by Crippen LogP contribution is 2.45. The molecule has 0 fully saturated rings. The number of hydrogen-bond acceptors (Lipinski definition) is 1. The van der Waals surface area contributed by atoms with Crippen molar-refractivity contribution in [3.05, 3.63) is 20.8 Å². The zero-order chi connectivity index (χ0) is 10.1. The van der Waals surface area contributed by atoms with Gasteiger partial charge in [-0.15, -0.1) is 11.3 Å². The summed E-state index contributed by atoms with van der Waals surface area (Å²) in [7, 11) is 0. The molecule has 0 aliphatic rings. The van der Waals surface area contributed by atoms with E-state index in [1.165, 1.54) is 15.1 Å². The summed E-state index contributed by atoms with van der Waals surface area (Å²) >= 11 is 9.07. The summed E-state index contributed by atoms with van der Waals surface area (Å²) in [6.45, 7) is 6.82. The molecule has 3 heteroatoms. The minimum absolute atomic E-state index is 0.324. The van der Waals surface area contributed by atoms with Crippen LogP contribution in [0.5, 0.6) is 0 Å². The van der Waals surface area contributed by atoms with Crippen molar-refractivity contribution in [2.24, 2.45) is 5.41 Å². The minimum atomic E-state index is 0.324. The number of rotatable bonds is 3. The Morgan fingerprint density at radius 2 is 2.08 bits per heavy atom. The first-order chi connectivity index (χ1) is 5.97. The number of thiophene rings is 1. The molecule has 0 radical (unpaired) electrons. The van der Waals surface area contributed by atoms with E-state index in [2.05, 4.69) is 64.8 Å². The summed E-state index contributed by atoms with van der Waals surface area (Å²) in [6, 6.07) is 4.30. The van der Waals surface area contributed by atoms with Gasteiger partial charge in [-0.25, -0.2) is 0 Å². The van der Waals surface area contributed by atoms with Gasteiger partial charge < -0.3 is 0 Å². The van der Waals surface area contributed by atoms with Crippen molar-refractivity contribution in [1.82, 2.24) is 0 Å². The highest BCUT2D eigenvalue weighted by atomic mass is 79.9. The lowest BCUT2D eigenvalue weighted by molar-refractivity contribution is 0.348. The fourth-order valence-corrected chi connectivity index (χ4v) is 3.40. The molecule has 1 aromatic rings. The van der Waals surface area contributed by atoms with Gasteiger partial charge in [-0.3, -0.25) is 0 Å². The first-order valence-corrected chi connectivity index (χ1v) is 6.89. The highest BCUT2D eigenvalue weighted by molar-refractivity contribution is 9.11. The van der Waals surface area contributed by atoms with Crippen molar-refractivity contribution in [2.75, 3.05) is 0 Å². The Balaban J connectivity index is 2.84. The third-order valence-electron chi connectivity index (χ3n) is 2.44. The predicted molar refractivity (Wildman–Crippen MR) is 67.8 cm³/mol. The van der Waals surface area contributed by atoms with E-state index in [1.54, 1.807) is 0 Å². The van der Waals surface area contributed by atoms with Crippen molar-refractivity contribution >= 4 is 43.2 Å². The number of alkyl halides is 1. The summed E-state index contributed by atoms with van der Waals surface area (Å²) in [5, 5.41) is 0. The van der Waals surface area contributed by atoms with Crippen LogP contribution in [0.3, 0.4) is 0 Å². The monoisotopic (exact) mass is 324 g/mol. The van der Waals surface area contributed by atoms with Gasteiger partial charge in [-0.1, -0.05) is 36.7 Å². The molecule has 0 spiro atoms. The molecule has 0 saturated heterocycles. The lowest BCUT2D eigenvalue weighted by Gasteiger charge is -2.28. The van der Waals surface area contributed by atoms with Crippen LogP contribution in [0.1, 0.15) is 36.9 Å². The molecule has 1 aromatic heterocycles. The second kappa shape index (κ2) is 4.45. The molecule has 13 heavy (non-hydrogen) atoms. The largest absolute Gasteiger partial charge is 0.132 e. The molecule has 0 aliphatic carbocycles. The summed E-state index contributed by atoms with van der Waals surface area (Å²) < 4.78 is 1.21. The van der Waals surface area contributed by atoms with Crippen LogP contribution in [-0.2, 0) is 0 Å². The topological polar surface area (TPSA) is 0 Å². The van der Waals surface area contributed by atoms with Gasteiger partial charge in [0.1, 0.15) is 0 Å². The van der Waals surface area contributed by atoms with E-state index in [9.17, 15) is 0 Å². The molecule has 1 heterocycles. The molecule has 0 aliphatic heterocycles. The van der Waals surface area contributed by atoms with E-state index in [1.807, 2.05) is 11.3 Å². The molecule has 0 saturated carbocycles. The molecule has 1 atom stereocenters. The average molecular weight is 326 g/mol. The first kappa shape index (κ1) is 11.7. The van der Waals surface area contributed by atoms with E-state index in [0.717, 1.165) is 0 Å². The van der Waals surface area contributed by atoms with Crippen molar-refractivity contribution < 1.29 is 0 Å². The van der Waals surface area contributed by atoms with Crippen LogP contribution in [0.15, 0.2) is 15.9 Å². The molecule has 0 N–H and O–H groups in total. The second-order valence-electron chi connectivity index (χ2n) is 3.85. The molecule has 0 nitrogen and oxygen atoms in total. The third-order valence-corrected chi connectivity index (χ3v) is 6.17. The van der Waals surface area contributed by atoms with Crippen molar-refractivity contribution in [1.29, 1.82) is 0 Å². The maximum Gasteiger partial charge on any atom is 0.0701 e. The van der Waals surface area contributed by atoms with Gasteiger partial charge in [0.25, 0.3) is 0 Å².